The standard InChI is InChI=1S/C35H39ClN4O5S/c1-24(27-14-8-5-9-15-27)38-34(42)28-19-29(21-31(20-28)40(2)46(3,44)45)35(43)39-32(18-25-11-6-4-7-12-25)33(41)23-37-22-26-13-10-16-30(36)17-26/h4-17,19-21,24,32-33,37,41H,18,22-23H2,1-3H3,(H,38,42)(H,39,43)/t24-,32+,33-/m1/s1. The molecule has 0 aliphatic carbocycles. The van der Waals surface area contributed by atoms with Crippen molar-refractivity contribution in [2.75, 3.05) is 24.2 Å². The second-order valence-electron chi connectivity index (χ2n) is 11.2. The molecule has 4 aromatic carbocycles. The highest BCUT2D eigenvalue weighted by Crippen LogP contribution is 2.22. The fourth-order valence-corrected chi connectivity index (χ4v) is 5.61. The maximum absolute atomic E-state index is 13.8. The van der Waals surface area contributed by atoms with E-state index in [0.29, 0.717) is 18.0 Å². The van der Waals surface area contributed by atoms with E-state index < -0.39 is 34.0 Å². The summed E-state index contributed by atoms with van der Waals surface area (Å²) in [5, 5.41) is 20.9. The van der Waals surface area contributed by atoms with Crippen molar-refractivity contribution >= 4 is 39.1 Å². The van der Waals surface area contributed by atoms with Crippen LogP contribution >= 0.6 is 11.6 Å². The lowest BCUT2D eigenvalue weighted by atomic mass is 10.00. The number of aliphatic hydroxyl groups is 1. The number of nitrogens with zero attached hydrogens (tertiary/aromatic N) is 1. The van der Waals surface area contributed by atoms with Crippen molar-refractivity contribution in [2.24, 2.45) is 0 Å². The summed E-state index contributed by atoms with van der Waals surface area (Å²) in [5.74, 6) is -1.04. The Morgan fingerprint density at radius 2 is 1.41 bits per heavy atom. The van der Waals surface area contributed by atoms with Crippen molar-refractivity contribution in [1.82, 2.24) is 16.0 Å². The molecule has 0 unspecified atom stereocenters. The molecular weight excluding hydrogens is 624 g/mol. The van der Waals surface area contributed by atoms with Gasteiger partial charge < -0.3 is 21.1 Å². The maximum Gasteiger partial charge on any atom is 0.251 e. The van der Waals surface area contributed by atoms with E-state index >= 15 is 0 Å². The number of halogens is 1. The highest BCUT2D eigenvalue weighted by Gasteiger charge is 2.25. The van der Waals surface area contributed by atoms with Gasteiger partial charge in [-0.25, -0.2) is 8.42 Å². The molecule has 0 aliphatic heterocycles. The molecule has 242 valence electrons. The van der Waals surface area contributed by atoms with Crippen LogP contribution in [0.1, 0.15) is 50.4 Å². The molecule has 2 amide bonds. The largest absolute Gasteiger partial charge is 0.390 e. The van der Waals surface area contributed by atoms with Gasteiger partial charge in [0.15, 0.2) is 0 Å². The van der Waals surface area contributed by atoms with Crippen LogP contribution in [0, 0.1) is 0 Å². The Balaban J connectivity index is 1.58. The number of rotatable bonds is 14. The predicted octanol–water partition coefficient (Wildman–Crippen LogP) is 4.72. The highest BCUT2D eigenvalue weighted by molar-refractivity contribution is 7.92. The SMILES string of the molecule is C[C@@H](NC(=O)c1cc(C(=O)N[C@@H](Cc2ccccc2)[C@H](O)CNCc2cccc(Cl)c2)cc(N(C)S(C)(=O)=O)c1)c1ccccc1. The molecule has 4 N–H and O–H groups in total. The first-order chi connectivity index (χ1) is 21.9. The third-order valence-corrected chi connectivity index (χ3v) is 9.04. The second kappa shape index (κ2) is 15.9. The Bertz CT molecular complexity index is 1740. The molecule has 0 bridgehead atoms. The van der Waals surface area contributed by atoms with Gasteiger partial charge in [-0.1, -0.05) is 84.4 Å². The monoisotopic (exact) mass is 662 g/mol. The van der Waals surface area contributed by atoms with E-state index in [1.807, 2.05) is 85.8 Å². The Kier molecular flexibility index (Phi) is 11.9. The van der Waals surface area contributed by atoms with Gasteiger partial charge >= 0.3 is 0 Å². The van der Waals surface area contributed by atoms with Gasteiger partial charge in [-0.05, 0) is 60.4 Å². The van der Waals surface area contributed by atoms with Crippen molar-refractivity contribution in [3.05, 3.63) is 136 Å². The van der Waals surface area contributed by atoms with Crippen LogP contribution in [0.4, 0.5) is 5.69 Å². The van der Waals surface area contributed by atoms with Gasteiger partial charge in [0.05, 0.1) is 30.1 Å². The first-order valence-electron chi connectivity index (χ1n) is 14.8. The normalized spacial score (nSPS) is 13.3. The van der Waals surface area contributed by atoms with Gasteiger partial charge in [-0.3, -0.25) is 13.9 Å². The minimum Gasteiger partial charge on any atom is -0.390 e. The third-order valence-electron chi connectivity index (χ3n) is 7.60. The summed E-state index contributed by atoms with van der Waals surface area (Å²) in [7, 11) is -2.35. The van der Waals surface area contributed by atoms with Gasteiger partial charge in [0, 0.05) is 36.3 Å². The maximum atomic E-state index is 13.8. The summed E-state index contributed by atoms with van der Waals surface area (Å²) < 4.78 is 25.9. The first kappa shape index (κ1) is 34.6. The molecule has 4 rings (SSSR count). The smallest absolute Gasteiger partial charge is 0.251 e. The third kappa shape index (κ3) is 9.89. The number of hydrogen-bond acceptors (Lipinski definition) is 6. The summed E-state index contributed by atoms with van der Waals surface area (Å²) in [6, 6.07) is 29.4. The number of benzene rings is 4. The lowest BCUT2D eigenvalue weighted by molar-refractivity contribution is 0.0830. The number of carbonyl (C=O) groups is 2. The van der Waals surface area contributed by atoms with E-state index in [1.165, 1.54) is 25.2 Å². The minimum atomic E-state index is -3.71. The summed E-state index contributed by atoms with van der Waals surface area (Å²) in [6.07, 6.45) is 0.386. The van der Waals surface area contributed by atoms with Crippen molar-refractivity contribution in [2.45, 2.75) is 38.1 Å². The van der Waals surface area contributed by atoms with E-state index in [-0.39, 0.29) is 29.4 Å². The van der Waals surface area contributed by atoms with Crippen LogP contribution in [-0.4, -0.2) is 57.3 Å². The first-order valence-corrected chi connectivity index (χ1v) is 17.1. The summed E-state index contributed by atoms with van der Waals surface area (Å²) >= 11 is 6.10. The summed E-state index contributed by atoms with van der Waals surface area (Å²) in [4.78, 5) is 27.2. The van der Waals surface area contributed by atoms with Crippen LogP contribution in [0.3, 0.4) is 0 Å². The van der Waals surface area contributed by atoms with E-state index in [2.05, 4.69) is 16.0 Å². The molecule has 46 heavy (non-hydrogen) atoms. The van der Waals surface area contributed by atoms with E-state index in [1.54, 1.807) is 6.07 Å². The molecule has 0 radical (unpaired) electrons. The Labute approximate surface area is 275 Å². The molecule has 0 fully saturated rings. The van der Waals surface area contributed by atoms with Gasteiger partial charge in [-0.15, -0.1) is 0 Å². The minimum absolute atomic E-state index is 0.0719. The van der Waals surface area contributed by atoms with Crippen LogP contribution < -0.4 is 20.3 Å². The van der Waals surface area contributed by atoms with Crippen LogP contribution in [-0.2, 0) is 23.0 Å². The Hall–Kier alpha value is -4.22. The molecule has 0 aliphatic rings. The fourth-order valence-electron chi connectivity index (χ4n) is 4.91. The lowest BCUT2D eigenvalue weighted by Crippen LogP contribution is -2.48. The molecule has 0 heterocycles. The lowest BCUT2D eigenvalue weighted by Gasteiger charge is -2.25. The zero-order valence-electron chi connectivity index (χ0n) is 26.0. The predicted molar refractivity (Wildman–Crippen MR) is 183 cm³/mol. The molecule has 0 spiro atoms. The average Bonchev–Trinajstić information content (AvgIpc) is 3.04. The number of sulfonamides is 1. The van der Waals surface area contributed by atoms with Crippen molar-refractivity contribution in [1.29, 1.82) is 0 Å². The van der Waals surface area contributed by atoms with Crippen LogP contribution in [0.2, 0.25) is 5.02 Å². The van der Waals surface area contributed by atoms with E-state index in [9.17, 15) is 23.1 Å². The van der Waals surface area contributed by atoms with Gasteiger partial charge in [0.25, 0.3) is 11.8 Å². The number of amides is 2. The molecule has 0 saturated heterocycles. The van der Waals surface area contributed by atoms with Crippen LogP contribution in [0.25, 0.3) is 0 Å². The Morgan fingerprint density at radius 3 is 2.02 bits per heavy atom. The topological polar surface area (TPSA) is 128 Å². The zero-order chi connectivity index (χ0) is 33.3. The van der Waals surface area contributed by atoms with Gasteiger partial charge in [0.1, 0.15) is 0 Å². The van der Waals surface area contributed by atoms with Crippen molar-refractivity contribution in [3.8, 4) is 0 Å². The number of nitrogens with one attached hydrogen (secondary N) is 3. The quantitative estimate of drug-likeness (QED) is 0.155. The highest BCUT2D eigenvalue weighted by atomic mass is 35.5. The molecule has 3 atom stereocenters. The number of carbonyl (C=O) groups excluding carboxylic acids is 2. The van der Waals surface area contributed by atoms with Crippen molar-refractivity contribution in [3.63, 3.8) is 0 Å². The van der Waals surface area contributed by atoms with E-state index in [0.717, 1.165) is 27.3 Å². The van der Waals surface area contributed by atoms with Gasteiger partial charge in [0.2, 0.25) is 10.0 Å². The molecular formula is C35H39ClN4O5S. The molecule has 0 saturated carbocycles. The van der Waals surface area contributed by atoms with Crippen LogP contribution in [0.5, 0.6) is 0 Å². The van der Waals surface area contributed by atoms with Crippen molar-refractivity contribution < 1.29 is 23.1 Å². The average molecular weight is 663 g/mol. The van der Waals surface area contributed by atoms with Gasteiger partial charge in [-0.2, -0.15) is 0 Å². The second-order valence-corrected chi connectivity index (χ2v) is 13.7. The molecule has 4 aromatic rings. The molecule has 11 heteroatoms. The fraction of sp³-hybridized carbons (Fsp3) is 0.257. The van der Waals surface area contributed by atoms with E-state index in [4.69, 9.17) is 11.6 Å². The zero-order valence-corrected chi connectivity index (χ0v) is 27.6. The molecule has 9 nitrogen and oxygen atoms in total. The number of anilines is 1. The number of hydrogen-bond donors (Lipinski definition) is 4. The number of aliphatic hydroxyl groups excluding tert-OH is 1. The summed E-state index contributed by atoms with van der Waals surface area (Å²) in [6.45, 7) is 2.47. The summed E-state index contributed by atoms with van der Waals surface area (Å²) in [5.41, 5.74) is 3.08. The Morgan fingerprint density at radius 1 is 0.826 bits per heavy atom. The molecule has 0 aromatic heterocycles. The van der Waals surface area contributed by atoms with Crippen LogP contribution in [0.15, 0.2) is 103 Å².